The van der Waals surface area contributed by atoms with E-state index in [1.54, 1.807) is 6.07 Å². The summed E-state index contributed by atoms with van der Waals surface area (Å²) in [6, 6.07) is 12.0. The van der Waals surface area contributed by atoms with Gasteiger partial charge in [0.1, 0.15) is 10.6 Å². The first-order valence-electron chi connectivity index (χ1n) is 6.84. The summed E-state index contributed by atoms with van der Waals surface area (Å²) >= 11 is 0. The standard InChI is InChI=1S/C16H12N2O5S/c19-16(15-4-2-10-22-15)18-12-5-7-13(8-6-12)23-24(20,21)14-3-1-9-17-11-14/h1-11H,(H,18,19). The molecule has 1 N–H and O–H groups in total. The molecule has 0 bridgehead atoms. The average Bonchev–Trinajstić information content (AvgIpc) is 3.12. The van der Waals surface area contributed by atoms with Crippen LogP contribution < -0.4 is 9.50 Å². The molecule has 1 aromatic carbocycles. The van der Waals surface area contributed by atoms with E-state index in [-0.39, 0.29) is 16.4 Å². The Labute approximate surface area is 138 Å². The van der Waals surface area contributed by atoms with Gasteiger partial charge in [-0.15, -0.1) is 0 Å². The van der Waals surface area contributed by atoms with Crippen molar-refractivity contribution in [1.82, 2.24) is 4.98 Å². The van der Waals surface area contributed by atoms with Gasteiger partial charge in [0.05, 0.1) is 6.26 Å². The van der Waals surface area contributed by atoms with E-state index in [0.29, 0.717) is 5.69 Å². The number of aromatic nitrogens is 1. The van der Waals surface area contributed by atoms with Gasteiger partial charge in [-0.25, -0.2) is 0 Å². The number of furan rings is 1. The first kappa shape index (κ1) is 15.8. The van der Waals surface area contributed by atoms with Crippen molar-refractivity contribution in [2.24, 2.45) is 0 Å². The molecule has 0 saturated carbocycles. The molecule has 0 saturated heterocycles. The summed E-state index contributed by atoms with van der Waals surface area (Å²) in [5.74, 6) is -0.110. The summed E-state index contributed by atoms with van der Waals surface area (Å²) in [5, 5.41) is 2.62. The number of hydrogen-bond donors (Lipinski definition) is 1. The second kappa shape index (κ2) is 6.55. The lowest BCUT2D eigenvalue weighted by Crippen LogP contribution is -2.11. The Balaban J connectivity index is 1.70. The van der Waals surface area contributed by atoms with Crippen molar-refractivity contribution < 1.29 is 21.8 Å². The molecule has 7 nitrogen and oxygen atoms in total. The highest BCUT2D eigenvalue weighted by molar-refractivity contribution is 7.87. The zero-order valence-electron chi connectivity index (χ0n) is 12.2. The number of rotatable bonds is 5. The van der Waals surface area contributed by atoms with E-state index in [9.17, 15) is 13.2 Å². The van der Waals surface area contributed by atoms with Crippen LogP contribution in [-0.4, -0.2) is 19.3 Å². The molecule has 0 spiro atoms. The van der Waals surface area contributed by atoms with Gasteiger partial charge in [-0.3, -0.25) is 9.78 Å². The Kier molecular flexibility index (Phi) is 4.30. The smallest absolute Gasteiger partial charge is 0.340 e. The number of nitrogens with zero attached hydrogens (tertiary/aromatic N) is 1. The number of anilines is 1. The summed E-state index contributed by atoms with van der Waals surface area (Å²) in [7, 11) is -3.95. The molecule has 122 valence electrons. The van der Waals surface area contributed by atoms with Gasteiger partial charge >= 0.3 is 10.1 Å². The number of hydrogen-bond acceptors (Lipinski definition) is 6. The first-order chi connectivity index (χ1) is 11.5. The lowest BCUT2D eigenvalue weighted by molar-refractivity contribution is 0.0996. The van der Waals surface area contributed by atoms with Crippen LogP contribution in [0.25, 0.3) is 0 Å². The second-order valence-corrected chi connectivity index (χ2v) is 6.23. The maximum atomic E-state index is 12.1. The van der Waals surface area contributed by atoms with Crippen LogP contribution in [0.5, 0.6) is 5.75 Å². The Morgan fingerprint density at radius 2 is 1.88 bits per heavy atom. The minimum atomic E-state index is -3.95. The molecular weight excluding hydrogens is 332 g/mol. The van der Waals surface area contributed by atoms with Crippen LogP contribution in [0.3, 0.4) is 0 Å². The Morgan fingerprint density at radius 1 is 1.08 bits per heavy atom. The molecule has 0 aliphatic carbocycles. The van der Waals surface area contributed by atoms with Gasteiger partial charge in [0.15, 0.2) is 5.76 Å². The minimum Gasteiger partial charge on any atom is -0.459 e. The molecule has 0 aliphatic heterocycles. The van der Waals surface area contributed by atoms with E-state index in [1.165, 1.54) is 61.1 Å². The van der Waals surface area contributed by atoms with Crippen LogP contribution in [-0.2, 0) is 10.1 Å². The van der Waals surface area contributed by atoms with E-state index in [0.717, 1.165) is 0 Å². The van der Waals surface area contributed by atoms with E-state index in [1.807, 2.05) is 0 Å². The number of nitrogens with one attached hydrogen (secondary N) is 1. The summed E-state index contributed by atoms with van der Waals surface area (Å²) < 4.78 is 34.2. The lowest BCUT2D eigenvalue weighted by atomic mass is 10.3. The van der Waals surface area contributed by atoms with Crippen LogP contribution in [0.1, 0.15) is 10.6 Å². The normalized spacial score (nSPS) is 11.0. The molecule has 0 radical (unpaired) electrons. The molecular formula is C16H12N2O5S. The van der Waals surface area contributed by atoms with E-state index in [4.69, 9.17) is 8.60 Å². The highest BCUT2D eigenvalue weighted by Gasteiger charge is 2.16. The maximum Gasteiger partial charge on any atom is 0.340 e. The molecule has 2 aromatic heterocycles. The third kappa shape index (κ3) is 3.61. The largest absolute Gasteiger partial charge is 0.459 e. The van der Waals surface area contributed by atoms with E-state index < -0.39 is 16.0 Å². The van der Waals surface area contributed by atoms with Gasteiger partial charge in [-0.1, -0.05) is 0 Å². The zero-order valence-corrected chi connectivity index (χ0v) is 13.1. The van der Waals surface area contributed by atoms with Gasteiger partial charge < -0.3 is 13.9 Å². The van der Waals surface area contributed by atoms with Crippen LogP contribution in [0.2, 0.25) is 0 Å². The van der Waals surface area contributed by atoms with Crippen molar-refractivity contribution in [3.8, 4) is 5.75 Å². The molecule has 24 heavy (non-hydrogen) atoms. The van der Waals surface area contributed by atoms with Gasteiger partial charge in [0.2, 0.25) is 0 Å². The molecule has 8 heteroatoms. The highest BCUT2D eigenvalue weighted by Crippen LogP contribution is 2.20. The maximum absolute atomic E-state index is 12.1. The predicted molar refractivity (Wildman–Crippen MR) is 85.2 cm³/mol. The van der Waals surface area contributed by atoms with Crippen LogP contribution in [0, 0.1) is 0 Å². The molecule has 0 atom stereocenters. The summed E-state index contributed by atoms with van der Waals surface area (Å²) in [6.45, 7) is 0. The summed E-state index contributed by atoms with van der Waals surface area (Å²) in [6.07, 6.45) is 4.07. The molecule has 0 aliphatic rings. The Morgan fingerprint density at radius 3 is 2.50 bits per heavy atom. The number of pyridine rings is 1. The number of carbonyl (C=O) groups is 1. The fraction of sp³-hybridized carbons (Fsp3) is 0. The SMILES string of the molecule is O=C(Nc1ccc(OS(=O)(=O)c2cccnc2)cc1)c1ccco1. The van der Waals surface area contributed by atoms with E-state index >= 15 is 0 Å². The Bertz CT molecular complexity index is 920. The third-order valence-electron chi connectivity index (χ3n) is 2.99. The van der Waals surface area contributed by atoms with Crippen molar-refractivity contribution in [1.29, 1.82) is 0 Å². The Hall–Kier alpha value is -3.13. The molecule has 0 unspecified atom stereocenters. The fourth-order valence-electron chi connectivity index (χ4n) is 1.86. The molecule has 3 rings (SSSR count). The summed E-state index contributed by atoms with van der Waals surface area (Å²) in [4.78, 5) is 15.5. The molecule has 0 fully saturated rings. The number of benzene rings is 1. The number of amides is 1. The van der Waals surface area contributed by atoms with Crippen molar-refractivity contribution in [2.45, 2.75) is 4.90 Å². The highest BCUT2D eigenvalue weighted by atomic mass is 32.2. The zero-order chi connectivity index (χ0) is 17.0. The molecule has 2 heterocycles. The summed E-state index contributed by atoms with van der Waals surface area (Å²) in [5.41, 5.74) is 0.475. The van der Waals surface area contributed by atoms with Crippen LogP contribution >= 0.6 is 0 Å². The molecule has 1 amide bonds. The first-order valence-corrected chi connectivity index (χ1v) is 8.25. The second-order valence-electron chi connectivity index (χ2n) is 4.68. The number of carbonyl (C=O) groups excluding carboxylic acids is 1. The van der Waals surface area contributed by atoms with Crippen LogP contribution in [0.15, 0.2) is 76.5 Å². The van der Waals surface area contributed by atoms with Crippen molar-refractivity contribution in [2.75, 3.05) is 5.32 Å². The van der Waals surface area contributed by atoms with Crippen molar-refractivity contribution in [3.05, 3.63) is 72.9 Å². The van der Waals surface area contributed by atoms with Crippen LogP contribution in [0.4, 0.5) is 5.69 Å². The quantitative estimate of drug-likeness (QED) is 0.715. The van der Waals surface area contributed by atoms with Gasteiger partial charge in [0, 0.05) is 18.1 Å². The third-order valence-corrected chi connectivity index (χ3v) is 4.22. The topological polar surface area (TPSA) is 98.5 Å². The van der Waals surface area contributed by atoms with Crippen molar-refractivity contribution in [3.63, 3.8) is 0 Å². The molecule has 3 aromatic rings. The predicted octanol–water partition coefficient (Wildman–Crippen LogP) is 2.69. The minimum absolute atomic E-state index is 0.0415. The fourth-order valence-corrected chi connectivity index (χ4v) is 2.76. The monoisotopic (exact) mass is 344 g/mol. The van der Waals surface area contributed by atoms with Crippen molar-refractivity contribution >= 4 is 21.7 Å². The van der Waals surface area contributed by atoms with Gasteiger partial charge in [0.25, 0.3) is 5.91 Å². The van der Waals surface area contributed by atoms with Gasteiger partial charge in [-0.2, -0.15) is 8.42 Å². The lowest BCUT2D eigenvalue weighted by Gasteiger charge is -2.08. The van der Waals surface area contributed by atoms with E-state index in [2.05, 4.69) is 10.3 Å². The average molecular weight is 344 g/mol. The van der Waals surface area contributed by atoms with Gasteiger partial charge in [-0.05, 0) is 48.5 Å².